The summed E-state index contributed by atoms with van der Waals surface area (Å²) in [6, 6.07) is 10.9. The summed E-state index contributed by atoms with van der Waals surface area (Å²) in [6.07, 6.45) is 1.29. The monoisotopic (exact) mass is 404 g/mol. The van der Waals surface area contributed by atoms with E-state index in [0.717, 1.165) is 0 Å². The molecule has 0 spiro atoms. The lowest BCUT2D eigenvalue weighted by Crippen LogP contribution is -2.24. The molecule has 9 heteroatoms. The Morgan fingerprint density at radius 2 is 1.64 bits per heavy atom. The molecule has 2 rings (SSSR count). The highest BCUT2D eigenvalue weighted by molar-refractivity contribution is 6.30. The van der Waals surface area contributed by atoms with Crippen LogP contribution in [-0.2, 0) is 14.4 Å². The van der Waals surface area contributed by atoms with Crippen molar-refractivity contribution in [2.75, 3.05) is 6.61 Å². The number of hydrogen-bond donors (Lipinski definition) is 1. The number of rotatable bonds is 7. The van der Waals surface area contributed by atoms with E-state index in [2.05, 4.69) is 10.5 Å². The Hall–Kier alpha value is -3.39. The molecule has 0 aliphatic heterocycles. The Bertz CT molecular complexity index is 896. The van der Waals surface area contributed by atoms with Crippen LogP contribution in [0.2, 0.25) is 5.02 Å². The van der Waals surface area contributed by atoms with E-state index in [4.69, 9.17) is 25.8 Å². The second-order valence-corrected chi connectivity index (χ2v) is 5.86. The zero-order valence-corrected chi connectivity index (χ0v) is 15.9. The second kappa shape index (κ2) is 10.1. The highest BCUT2D eigenvalue weighted by atomic mass is 35.5. The van der Waals surface area contributed by atoms with Crippen LogP contribution in [0.15, 0.2) is 47.6 Å². The van der Waals surface area contributed by atoms with Crippen LogP contribution in [0.4, 0.5) is 0 Å². The molecule has 1 N–H and O–H groups in total. The van der Waals surface area contributed by atoms with Crippen LogP contribution in [0, 0.1) is 0 Å². The number of halogens is 1. The molecule has 0 heterocycles. The van der Waals surface area contributed by atoms with E-state index in [1.165, 1.54) is 38.3 Å². The van der Waals surface area contributed by atoms with Crippen LogP contribution >= 0.6 is 11.6 Å². The van der Waals surface area contributed by atoms with Crippen molar-refractivity contribution in [1.29, 1.82) is 0 Å². The molecule has 0 radical (unpaired) electrons. The molecule has 0 fully saturated rings. The summed E-state index contributed by atoms with van der Waals surface area (Å²) in [4.78, 5) is 34.1. The third-order valence-corrected chi connectivity index (χ3v) is 3.33. The van der Waals surface area contributed by atoms with Gasteiger partial charge in [0, 0.05) is 30.5 Å². The quantitative estimate of drug-likeness (QED) is 0.329. The van der Waals surface area contributed by atoms with Crippen molar-refractivity contribution < 1.29 is 28.6 Å². The number of nitrogens with zero attached hydrogens (tertiary/aromatic N) is 1. The fourth-order valence-corrected chi connectivity index (χ4v) is 2.11. The first-order chi connectivity index (χ1) is 13.3. The number of hydrazone groups is 1. The molecule has 0 saturated carbocycles. The normalized spacial score (nSPS) is 10.4. The number of carbonyl (C=O) groups is 3. The predicted molar refractivity (Wildman–Crippen MR) is 102 cm³/mol. The lowest BCUT2D eigenvalue weighted by molar-refractivity contribution is -0.132. The molecule has 2 aromatic rings. The van der Waals surface area contributed by atoms with Crippen molar-refractivity contribution in [2.24, 2.45) is 5.10 Å². The smallest absolute Gasteiger partial charge is 0.308 e. The van der Waals surface area contributed by atoms with Crippen molar-refractivity contribution in [3.05, 3.63) is 53.1 Å². The van der Waals surface area contributed by atoms with Gasteiger partial charge in [-0.05, 0) is 36.4 Å². The van der Waals surface area contributed by atoms with Crippen LogP contribution in [-0.4, -0.2) is 30.7 Å². The lowest BCUT2D eigenvalue weighted by atomic mass is 10.2. The van der Waals surface area contributed by atoms with Gasteiger partial charge in [-0.3, -0.25) is 14.4 Å². The minimum absolute atomic E-state index is 0.127. The molecule has 0 aromatic heterocycles. The Kier molecular flexibility index (Phi) is 7.53. The number of benzene rings is 2. The molecule has 1 amide bonds. The molecule has 146 valence electrons. The van der Waals surface area contributed by atoms with E-state index in [1.807, 2.05) is 0 Å². The van der Waals surface area contributed by atoms with Crippen molar-refractivity contribution in [3.8, 4) is 17.2 Å². The minimum Gasteiger partial charge on any atom is -0.484 e. The average Bonchev–Trinajstić information content (AvgIpc) is 2.62. The number of esters is 2. The van der Waals surface area contributed by atoms with E-state index in [-0.39, 0.29) is 18.1 Å². The zero-order chi connectivity index (χ0) is 20.5. The maximum atomic E-state index is 11.8. The Labute approximate surface area is 166 Å². The Balaban J connectivity index is 1.97. The van der Waals surface area contributed by atoms with Gasteiger partial charge in [0.25, 0.3) is 5.91 Å². The molecule has 2 aromatic carbocycles. The average molecular weight is 405 g/mol. The molecule has 0 bridgehead atoms. The third kappa shape index (κ3) is 7.08. The van der Waals surface area contributed by atoms with Crippen molar-refractivity contribution in [3.63, 3.8) is 0 Å². The van der Waals surface area contributed by atoms with Gasteiger partial charge in [0.15, 0.2) is 6.61 Å². The van der Waals surface area contributed by atoms with E-state index in [9.17, 15) is 14.4 Å². The molecule has 28 heavy (non-hydrogen) atoms. The van der Waals surface area contributed by atoms with E-state index in [0.29, 0.717) is 16.3 Å². The largest absolute Gasteiger partial charge is 0.484 e. The second-order valence-electron chi connectivity index (χ2n) is 5.42. The highest BCUT2D eigenvalue weighted by Gasteiger charge is 2.09. The van der Waals surface area contributed by atoms with Gasteiger partial charge in [-0.1, -0.05) is 11.6 Å². The summed E-state index contributed by atoms with van der Waals surface area (Å²) in [5.74, 6) is -0.736. The molecule has 0 unspecified atom stereocenters. The first-order valence-corrected chi connectivity index (χ1v) is 8.42. The Morgan fingerprint density at radius 1 is 1.00 bits per heavy atom. The highest BCUT2D eigenvalue weighted by Crippen LogP contribution is 2.24. The van der Waals surface area contributed by atoms with Crippen LogP contribution < -0.4 is 19.6 Å². The first kappa shape index (κ1) is 20.9. The summed E-state index contributed by atoms with van der Waals surface area (Å²) >= 11 is 5.77. The van der Waals surface area contributed by atoms with Gasteiger partial charge >= 0.3 is 11.9 Å². The van der Waals surface area contributed by atoms with Gasteiger partial charge in [0.2, 0.25) is 0 Å². The fraction of sp³-hybridized carbons (Fsp3) is 0.158. The summed E-state index contributed by atoms with van der Waals surface area (Å²) in [6.45, 7) is 2.24. The SMILES string of the molecule is CC(=O)Oc1ccc(/C=N/NC(=O)COc2ccc(Cl)cc2)c(OC(C)=O)c1. The Morgan fingerprint density at radius 3 is 2.29 bits per heavy atom. The molecule has 0 atom stereocenters. The van der Waals surface area contributed by atoms with Crippen molar-refractivity contribution in [2.45, 2.75) is 13.8 Å². The zero-order valence-electron chi connectivity index (χ0n) is 15.1. The number of carbonyl (C=O) groups excluding carboxylic acids is 3. The van der Waals surface area contributed by atoms with Crippen LogP contribution in [0.3, 0.4) is 0 Å². The molecular weight excluding hydrogens is 388 g/mol. The number of nitrogens with one attached hydrogen (secondary N) is 1. The number of ether oxygens (including phenoxy) is 3. The van der Waals surface area contributed by atoms with Crippen molar-refractivity contribution >= 4 is 35.7 Å². The standard InChI is InChI=1S/C19H17ClN2O6/c1-12(23)27-17-6-3-14(18(9-17)28-13(2)24)10-21-22-19(25)11-26-16-7-4-15(20)5-8-16/h3-10H,11H2,1-2H3,(H,22,25)/b21-10+. The van der Waals surface area contributed by atoms with Gasteiger partial charge in [0.1, 0.15) is 17.2 Å². The molecular formula is C19H17ClN2O6. The van der Waals surface area contributed by atoms with Crippen molar-refractivity contribution in [1.82, 2.24) is 5.43 Å². The molecule has 8 nitrogen and oxygen atoms in total. The fourth-order valence-electron chi connectivity index (χ4n) is 1.98. The number of amides is 1. The third-order valence-electron chi connectivity index (χ3n) is 3.08. The minimum atomic E-state index is -0.560. The van der Waals surface area contributed by atoms with Gasteiger partial charge in [0.05, 0.1) is 6.21 Å². The number of hydrogen-bond acceptors (Lipinski definition) is 7. The van der Waals surface area contributed by atoms with Gasteiger partial charge in [-0.25, -0.2) is 5.43 Å². The van der Waals surface area contributed by atoms with Crippen LogP contribution in [0.5, 0.6) is 17.2 Å². The molecule has 0 aliphatic carbocycles. The van der Waals surface area contributed by atoms with E-state index >= 15 is 0 Å². The van der Waals surface area contributed by atoms with Crippen LogP contribution in [0.1, 0.15) is 19.4 Å². The summed E-state index contributed by atoms with van der Waals surface area (Å²) < 4.78 is 15.3. The predicted octanol–water partition coefficient (Wildman–Crippen LogP) is 2.72. The van der Waals surface area contributed by atoms with Gasteiger partial charge in [-0.15, -0.1) is 0 Å². The van der Waals surface area contributed by atoms with Gasteiger partial charge < -0.3 is 14.2 Å². The topological polar surface area (TPSA) is 103 Å². The maximum Gasteiger partial charge on any atom is 0.308 e. The molecule has 0 aliphatic rings. The summed E-state index contributed by atoms with van der Waals surface area (Å²) in [7, 11) is 0. The summed E-state index contributed by atoms with van der Waals surface area (Å²) in [5, 5.41) is 4.36. The maximum absolute atomic E-state index is 11.8. The first-order valence-electron chi connectivity index (χ1n) is 8.04. The van der Waals surface area contributed by atoms with Gasteiger partial charge in [-0.2, -0.15) is 5.10 Å². The lowest BCUT2D eigenvalue weighted by Gasteiger charge is -2.08. The van der Waals surface area contributed by atoms with E-state index in [1.54, 1.807) is 24.3 Å². The molecule has 0 saturated heterocycles. The van der Waals surface area contributed by atoms with E-state index < -0.39 is 17.8 Å². The van der Waals surface area contributed by atoms with Crippen LogP contribution in [0.25, 0.3) is 0 Å². The summed E-state index contributed by atoms with van der Waals surface area (Å²) in [5.41, 5.74) is 2.69.